The van der Waals surface area contributed by atoms with Crippen LogP contribution in [0.2, 0.25) is 0 Å². The van der Waals surface area contributed by atoms with Crippen LogP contribution in [-0.2, 0) is 5.41 Å². The number of oxazole rings is 1. The molecule has 33 heavy (non-hydrogen) atoms. The van der Waals surface area contributed by atoms with E-state index in [4.69, 9.17) is 9.40 Å². The lowest BCUT2D eigenvalue weighted by Gasteiger charge is -2.19. The number of nitrogens with one attached hydrogen (secondary N) is 1. The summed E-state index contributed by atoms with van der Waals surface area (Å²) in [6, 6.07) is 25.4. The quantitative estimate of drug-likeness (QED) is 0.274. The zero-order valence-corrected chi connectivity index (χ0v) is 20.2. The number of hydrogen-bond donors (Lipinski definition) is 1. The van der Waals surface area contributed by atoms with Crippen molar-refractivity contribution in [2.24, 2.45) is 0 Å². The highest BCUT2D eigenvalue weighted by Gasteiger charge is 2.16. The lowest BCUT2D eigenvalue weighted by molar-refractivity contribution is 0.102. The van der Waals surface area contributed by atoms with Crippen LogP contribution in [0.15, 0.2) is 87.8 Å². The molecule has 4 nitrogen and oxygen atoms in total. The summed E-state index contributed by atoms with van der Waals surface area (Å²) in [4.78, 5) is 17.5. The van der Waals surface area contributed by atoms with Crippen LogP contribution in [0.4, 0.5) is 5.69 Å². The third-order valence-corrected chi connectivity index (χ3v) is 6.45. The Hall–Kier alpha value is -3.44. The maximum atomic E-state index is 12.8. The molecule has 0 radical (unpaired) electrons. The van der Waals surface area contributed by atoms with Crippen LogP contribution >= 0.6 is 15.9 Å². The van der Waals surface area contributed by atoms with Crippen molar-refractivity contribution in [2.45, 2.75) is 26.2 Å². The number of nitrogens with zero attached hydrogens (tertiary/aromatic N) is 1. The first-order valence-electron chi connectivity index (χ1n) is 10.8. The van der Waals surface area contributed by atoms with Crippen molar-refractivity contribution in [1.29, 1.82) is 0 Å². The Bertz CT molecular complexity index is 1490. The van der Waals surface area contributed by atoms with Gasteiger partial charge in [-0.05, 0) is 64.2 Å². The molecule has 0 fully saturated rings. The fourth-order valence-corrected chi connectivity index (χ4v) is 4.40. The van der Waals surface area contributed by atoms with Gasteiger partial charge in [0.2, 0.25) is 5.89 Å². The standard InChI is InChI=1S/C28H23BrN2O2/c1-28(2,3)18-12-10-17(11-13-18)26(32)30-19-14-15-25-24(16-19)31-27(33-25)22-8-4-7-21-20(22)6-5-9-23(21)29/h4-16H,1-3H3,(H,30,32). The van der Waals surface area contributed by atoms with Crippen molar-refractivity contribution >= 4 is 49.4 Å². The number of aromatic nitrogens is 1. The minimum atomic E-state index is -0.155. The van der Waals surface area contributed by atoms with Gasteiger partial charge in [-0.1, -0.05) is 73.1 Å². The number of carbonyl (C=O) groups excluding carboxylic acids is 1. The van der Waals surface area contributed by atoms with Crippen molar-refractivity contribution in [2.75, 3.05) is 5.32 Å². The Kier molecular flexibility index (Phi) is 5.29. The molecule has 1 aromatic heterocycles. The van der Waals surface area contributed by atoms with E-state index < -0.39 is 0 Å². The Labute approximate surface area is 200 Å². The average molecular weight is 499 g/mol. The van der Waals surface area contributed by atoms with Crippen LogP contribution in [0, 0.1) is 0 Å². The first-order chi connectivity index (χ1) is 15.8. The summed E-state index contributed by atoms with van der Waals surface area (Å²) < 4.78 is 7.08. The minimum Gasteiger partial charge on any atom is -0.436 e. The van der Waals surface area contributed by atoms with Gasteiger partial charge in [0, 0.05) is 21.3 Å². The molecule has 0 aliphatic heterocycles. The van der Waals surface area contributed by atoms with E-state index in [0.29, 0.717) is 28.2 Å². The molecule has 0 spiro atoms. The summed E-state index contributed by atoms with van der Waals surface area (Å²) in [5.74, 6) is 0.396. The van der Waals surface area contributed by atoms with Crippen molar-refractivity contribution in [3.8, 4) is 11.5 Å². The molecule has 0 aliphatic rings. The SMILES string of the molecule is CC(C)(C)c1ccc(C(=O)Nc2ccc3oc(-c4cccc5c(Br)cccc45)nc3c2)cc1. The maximum absolute atomic E-state index is 12.8. The second kappa shape index (κ2) is 8.16. The summed E-state index contributed by atoms with van der Waals surface area (Å²) in [6.07, 6.45) is 0. The molecule has 5 rings (SSSR count). The van der Waals surface area contributed by atoms with E-state index in [9.17, 15) is 4.79 Å². The normalized spacial score (nSPS) is 11.8. The lowest BCUT2D eigenvalue weighted by atomic mass is 9.87. The maximum Gasteiger partial charge on any atom is 0.255 e. The molecule has 0 aliphatic carbocycles. The molecule has 0 saturated heterocycles. The fourth-order valence-electron chi connectivity index (χ4n) is 3.90. The molecular formula is C28H23BrN2O2. The van der Waals surface area contributed by atoms with Crippen LogP contribution in [0.5, 0.6) is 0 Å². The number of carbonyl (C=O) groups is 1. The zero-order chi connectivity index (χ0) is 23.2. The van der Waals surface area contributed by atoms with Crippen LogP contribution in [0.1, 0.15) is 36.7 Å². The first kappa shape index (κ1) is 21.4. The van der Waals surface area contributed by atoms with Crippen molar-refractivity contribution in [3.63, 3.8) is 0 Å². The largest absolute Gasteiger partial charge is 0.436 e. The van der Waals surface area contributed by atoms with Crippen LogP contribution in [-0.4, -0.2) is 10.9 Å². The number of benzene rings is 4. The highest BCUT2D eigenvalue weighted by Crippen LogP contribution is 2.34. The van der Waals surface area contributed by atoms with Gasteiger partial charge in [-0.3, -0.25) is 4.79 Å². The highest BCUT2D eigenvalue weighted by atomic mass is 79.9. The second-order valence-electron chi connectivity index (χ2n) is 9.12. The molecule has 1 heterocycles. The van der Waals surface area contributed by atoms with Crippen molar-refractivity contribution in [3.05, 3.63) is 94.5 Å². The van der Waals surface area contributed by atoms with E-state index >= 15 is 0 Å². The van der Waals surface area contributed by atoms with Gasteiger partial charge in [0.25, 0.3) is 5.91 Å². The third-order valence-electron chi connectivity index (χ3n) is 5.76. The van der Waals surface area contributed by atoms with E-state index in [1.807, 2.05) is 66.7 Å². The molecule has 1 N–H and O–H groups in total. The predicted molar refractivity (Wildman–Crippen MR) is 138 cm³/mol. The number of halogens is 1. The van der Waals surface area contributed by atoms with Crippen LogP contribution < -0.4 is 5.32 Å². The van der Waals surface area contributed by atoms with Gasteiger partial charge in [0.1, 0.15) is 5.52 Å². The number of hydrogen-bond acceptors (Lipinski definition) is 3. The molecule has 0 unspecified atom stereocenters. The molecule has 164 valence electrons. The van der Waals surface area contributed by atoms with E-state index in [0.717, 1.165) is 20.8 Å². The summed E-state index contributed by atoms with van der Waals surface area (Å²) in [6.45, 7) is 6.46. The minimum absolute atomic E-state index is 0.0465. The average Bonchev–Trinajstić information content (AvgIpc) is 3.22. The first-order valence-corrected chi connectivity index (χ1v) is 11.6. The predicted octanol–water partition coefficient (Wildman–Crippen LogP) is 7.96. The van der Waals surface area contributed by atoms with Crippen LogP contribution in [0.3, 0.4) is 0 Å². The summed E-state index contributed by atoms with van der Waals surface area (Å²) in [7, 11) is 0. The fraction of sp³-hybridized carbons (Fsp3) is 0.143. The van der Waals surface area contributed by atoms with Gasteiger partial charge in [-0.25, -0.2) is 4.98 Å². The topological polar surface area (TPSA) is 55.1 Å². The molecule has 0 atom stereocenters. The molecular weight excluding hydrogens is 476 g/mol. The van der Waals surface area contributed by atoms with Gasteiger partial charge < -0.3 is 9.73 Å². The molecule has 1 amide bonds. The molecule has 0 bridgehead atoms. The van der Waals surface area contributed by atoms with Gasteiger partial charge >= 0.3 is 0 Å². The van der Waals surface area contributed by atoms with Gasteiger partial charge in [-0.2, -0.15) is 0 Å². The van der Waals surface area contributed by atoms with Crippen molar-refractivity contribution < 1.29 is 9.21 Å². The molecule has 5 aromatic rings. The van der Waals surface area contributed by atoms with E-state index in [-0.39, 0.29) is 11.3 Å². The Morgan fingerprint density at radius 3 is 2.39 bits per heavy atom. The second-order valence-corrected chi connectivity index (χ2v) is 9.98. The highest BCUT2D eigenvalue weighted by molar-refractivity contribution is 9.10. The number of fused-ring (bicyclic) bond motifs is 2. The lowest BCUT2D eigenvalue weighted by Crippen LogP contribution is -2.14. The number of amides is 1. The number of rotatable bonds is 3. The number of anilines is 1. The van der Waals surface area contributed by atoms with Gasteiger partial charge in [-0.15, -0.1) is 0 Å². The van der Waals surface area contributed by atoms with Crippen molar-refractivity contribution in [1.82, 2.24) is 4.98 Å². The Balaban J connectivity index is 1.43. The summed E-state index contributed by atoms with van der Waals surface area (Å²) >= 11 is 3.61. The summed E-state index contributed by atoms with van der Waals surface area (Å²) in [5, 5.41) is 5.13. The Morgan fingerprint density at radius 2 is 1.64 bits per heavy atom. The van der Waals surface area contributed by atoms with E-state index in [2.05, 4.69) is 54.2 Å². The van der Waals surface area contributed by atoms with Gasteiger partial charge in [0.05, 0.1) is 0 Å². The molecule has 4 aromatic carbocycles. The molecule has 5 heteroatoms. The van der Waals surface area contributed by atoms with E-state index in [1.54, 1.807) is 0 Å². The van der Waals surface area contributed by atoms with Crippen LogP contribution in [0.25, 0.3) is 33.3 Å². The molecule has 0 saturated carbocycles. The zero-order valence-electron chi connectivity index (χ0n) is 18.6. The monoisotopic (exact) mass is 498 g/mol. The Morgan fingerprint density at radius 1 is 0.909 bits per heavy atom. The summed E-state index contributed by atoms with van der Waals surface area (Å²) in [5.41, 5.74) is 4.82. The smallest absolute Gasteiger partial charge is 0.255 e. The third kappa shape index (κ3) is 4.16. The van der Waals surface area contributed by atoms with E-state index in [1.165, 1.54) is 5.56 Å². The van der Waals surface area contributed by atoms with Gasteiger partial charge in [0.15, 0.2) is 5.58 Å².